The molecule has 1 fully saturated rings. The Bertz CT molecular complexity index is 605. The quantitative estimate of drug-likeness (QED) is 0.834. The molecule has 2 atom stereocenters. The van der Waals surface area contributed by atoms with Crippen molar-refractivity contribution in [2.45, 2.75) is 39.7 Å². The molecule has 1 aliphatic heterocycles. The van der Waals surface area contributed by atoms with Crippen LogP contribution in [0.25, 0.3) is 0 Å². The lowest BCUT2D eigenvalue weighted by atomic mass is 9.93. The summed E-state index contributed by atoms with van der Waals surface area (Å²) in [4.78, 5) is 26.9. The number of hydrogen-bond donors (Lipinski definition) is 2. The van der Waals surface area contributed by atoms with Crippen LogP contribution in [0.5, 0.6) is 0 Å². The van der Waals surface area contributed by atoms with Crippen LogP contribution in [0.2, 0.25) is 0 Å². The van der Waals surface area contributed by atoms with E-state index in [4.69, 9.17) is 0 Å². The van der Waals surface area contributed by atoms with Crippen LogP contribution in [0, 0.1) is 11.3 Å². The molecule has 2 amide bonds. The van der Waals surface area contributed by atoms with Gasteiger partial charge < -0.3 is 15.5 Å². The van der Waals surface area contributed by atoms with Crippen molar-refractivity contribution in [2.24, 2.45) is 18.4 Å². The van der Waals surface area contributed by atoms with E-state index in [9.17, 15) is 9.59 Å². The topological polar surface area (TPSA) is 79.3 Å². The Labute approximate surface area is 150 Å². The summed E-state index contributed by atoms with van der Waals surface area (Å²) in [7, 11) is 3.63. The minimum atomic E-state index is -0.387. The molecule has 2 rings (SSSR count). The molecule has 7 heteroatoms. The van der Waals surface area contributed by atoms with Crippen molar-refractivity contribution in [3.8, 4) is 0 Å². The van der Waals surface area contributed by atoms with Crippen LogP contribution in [0.4, 0.5) is 0 Å². The van der Waals surface area contributed by atoms with Crippen molar-refractivity contribution in [2.75, 3.05) is 26.7 Å². The highest BCUT2D eigenvalue weighted by Gasteiger charge is 2.30. The van der Waals surface area contributed by atoms with Gasteiger partial charge in [0.2, 0.25) is 11.8 Å². The first-order valence-corrected chi connectivity index (χ1v) is 8.95. The predicted molar refractivity (Wildman–Crippen MR) is 96.8 cm³/mol. The van der Waals surface area contributed by atoms with E-state index >= 15 is 0 Å². The minimum Gasteiger partial charge on any atom is -0.355 e. The van der Waals surface area contributed by atoms with Gasteiger partial charge in [0.15, 0.2) is 0 Å². The molecule has 1 saturated heterocycles. The van der Waals surface area contributed by atoms with Crippen LogP contribution in [0.15, 0.2) is 12.4 Å². The number of likely N-dealkylation sites (tertiary alicyclic amines) is 1. The maximum Gasteiger partial charge on any atom is 0.244 e. The first-order chi connectivity index (χ1) is 11.7. The van der Waals surface area contributed by atoms with Gasteiger partial charge in [0, 0.05) is 43.9 Å². The van der Waals surface area contributed by atoms with Crippen LogP contribution in [0.1, 0.15) is 45.2 Å². The van der Waals surface area contributed by atoms with Crippen LogP contribution in [0.3, 0.4) is 0 Å². The average molecular weight is 349 g/mol. The fourth-order valence-electron chi connectivity index (χ4n) is 3.14. The van der Waals surface area contributed by atoms with Gasteiger partial charge in [-0.05, 0) is 25.8 Å². The first kappa shape index (κ1) is 19.4. The second kappa shape index (κ2) is 7.99. The molecule has 1 aliphatic rings. The van der Waals surface area contributed by atoms with E-state index in [2.05, 4.69) is 15.7 Å². The number of aryl methyl sites for hydroxylation is 1. The number of amides is 2. The normalized spacial score (nSPS) is 19.6. The third-order valence-electron chi connectivity index (χ3n) is 4.66. The fraction of sp³-hybridized carbons (Fsp3) is 0.722. The first-order valence-electron chi connectivity index (χ1n) is 8.95. The molecule has 1 aromatic rings. The van der Waals surface area contributed by atoms with Crippen LogP contribution >= 0.6 is 0 Å². The van der Waals surface area contributed by atoms with Crippen molar-refractivity contribution in [1.82, 2.24) is 25.3 Å². The largest absolute Gasteiger partial charge is 0.355 e. The monoisotopic (exact) mass is 349 g/mol. The Balaban J connectivity index is 1.95. The molecule has 0 bridgehead atoms. The zero-order valence-corrected chi connectivity index (χ0v) is 16.0. The number of aromatic nitrogens is 2. The van der Waals surface area contributed by atoms with Gasteiger partial charge >= 0.3 is 0 Å². The Hall–Kier alpha value is -1.89. The predicted octanol–water partition coefficient (Wildman–Crippen LogP) is 1.08. The third kappa shape index (κ3) is 5.04. The van der Waals surface area contributed by atoms with E-state index in [1.54, 1.807) is 17.9 Å². The van der Waals surface area contributed by atoms with Gasteiger partial charge in [-0.25, -0.2) is 0 Å². The van der Waals surface area contributed by atoms with Crippen molar-refractivity contribution in [1.29, 1.82) is 0 Å². The lowest BCUT2D eigenvalue weighted by Crippen LogP contribution is -2.48. The highest BCUT2D eigenvalue weighted by molar-refractivity contribution is 5.83. The molecule has 0 aromatic carbocycles. The Morgan fingerprint density at radius 2 is 2.12 bits per heavy atom. The Morgan fingerprint density at radius 1 is 1.40 bits per heavy atom. The van der Waals surface area contributed by atoms with Crippen molar-refractivity contribution >= 4 is 11.8 Å². The van der Waals surface area contributed by atoms with E-state index < -0.39 is 0 Å². The van der Waals surface area contributed by atoms with Gasteiger partial charge in [-0.1, -0.05) is 20.8 Å². The van der Waals surface area contributed by atoms with E-state index in [0.29, 0.717) is 19.0 Å². The number of rotatable bonds is 5. The maximum absolute atomic E-state index is 12.9. The molecule has 1 aromatic heterocycles. The molecule has 2 unspecified atom stereocenters. The second-order valence-corrected chi connectivity index (χ2v) is 7.92. The van der Waals surface area contributed by atoms with Gasteiger partial charge in [-0.2, -0.15) is 5.10 Å². The number of piperidine rings is 1. The number of likely N-dealkylation sites (N-methyl/N-ethyl adjacent to an activating group) is 1. The zero-order chi connectivity index (χ0) is 18.6. The number of carbonyl (C=O) groups is 2. The molecule has 140 valence electrons. The molecule has 0 aliphatic carbocycles. The van der Waals surface area contributed by atoms with Crippen molar-refractivity contribution in [3.05, 3.63) is 18.0 Å². The van der Waals surface area contributed by atoms with E-state index in [1.807, 2.05) is 38.9 Å². The fourth-order valence-corrected chi connectivity index (χ4v) is 3.14. The van der Waals surface area contributed by atoms with Crippen molar-refractivity contribution < 1.29 is 9.59 Å². The van der Waals surface area contributed by atoms with Gasteiger partial charge in [0.05, 0.1) is 6.20 Å². The van der Waals surface area contributed by atoms with Crippen molar-refractivity contribution in [3.63, 3.8) is 0 Å². The number of nitrogens with zero attached hydrogens (tertiary/aromatic N) is 3. The summed E-state index contributed by atoms with van der Waals surface area (Å²) in [5, 5.41) is 10.3. The summed E-state index contributed by atoms with van der Waals surface area (Å²) in [6, 6.07) is -0.378. The van der Waals surface area contributed by atoms with E-state index in [0.717, 1.165) is 24.9 Å². The second-order valence-electron chi connectivity index (χ2n) is 7.92. The Morgan fingerprint density at radius 3 is 2.68 bits per heavy atom. The maximum atomic E-state index is 12.9. The highest BCUT2D eigenvalue weighted by atomic mass is 16.2. The summed E-state index contributed by atoms with van der Waals surface area (Å²) in [5.74, 6) is 0.428. The Kier molecular flexibility index (Phi) is 6.21. The van der Waals surface area contributed by atoms with Gasteiger partial charge in [-0.15, -0.1) is 0 Å². The zero-order valence-electron chi connectivity index (χ0n) is 16.0. The summed E-state index contributed by atoms with van der Waals surface area (Å²) in [6.07, 6.45) is 5.59. The SMILES string of the molecule is CNC(C(=O)N1CCCC(CNC(=O)C(C)(C)C)C1)c1cnn(C)c1. The molecule has 7 nitrogen and oxygen atoms in total. The summed E-state index contributed by atoms with van der Waals surface area (Å²) in [5.41, 5.74) is 0.486. The number of nitrogens with one attached hydrogen (secondary N) is 2. The average Bonchev–Trinajstić information content (AvgIpc) is 2.98. The smallest absolute Gasteiger partial charge is 0.244 e. The van der Waals surface area contributed by atoms with Crippen LogP contribution < -0.4 is 10.6 Å². The molecule has 25 heavy (non-hydrogen) atoms. The van der Waals surface area contributed by atoms with Crippen LogP contribution in [-0.4, -0.2) is 53.2 Å². The highest BCUT2D eigenvalue weighted by Crippen LogP contribution is 2.22. The number of carbonyl (C=O) groups excluding carboxylic acids is 2. The lowest BCUT2D eigenvalue weighted by molar-refractivity contribution is -0.135. The van der Waals surface area contributed by atoms with Gasteiger partial charge in [0.1, 0.15) is 6.04 Å². The molecule has 0 spiro atoms. The van der Waals surface area contributed by atoms with Crippen LogP contribution in [-0.2, 0) is 16.6 Å². The molecular formula is C18H31N5O2. The van der Waals surface area contributed by atoms with E-state index in [1.165, 1.54) is 0 Å². The molecule has 2 heterocycles. The molecule has 0 saturated carbocycles. The van der Waals surface area contributed by atoms with E-state index in [-0.39, 0.29) is 23.3 Å². The van der Waals surface area contributed by atoms with Gasteiger partial charge in [-0.3, -0.25) is 14.3 Å². The van der Waals surface area contributed by atoms with Gasteiger partial charge in [0.25, 0.3) is 0 Å². The summed E-state index contributed by atoms with van der Waals surface area (Å²) in [6.45, 7) is 7.79. The third-order valence-corrected chi connectivity index (χ3v) is 4.66. The lowest BCUT2D eigenvalue weighted by Gasteiger charge is -2.35. The standard InChI is InChI=1S/C18H31N5O2/c1-18(2,3)17(25)20-9-13-7-6-8-23(11-13)16(24)15(19-4)14-10-21-22(5)12-14/h10,12-13,15,19H,6-9,11H2,1-5H3,(H,20,25). The molecule has 0 radical (unpaired) electrons. The summed E-state index contributed by atoms with van der Waals surface area (Å²) >= 11 is 0. The summed E-state index contributed by atoms with van der Waals surface area (Å²) < 4.78 is 1.70. The minimum absolute atomic E-state index is 0.0550. The number of hydrogen-bond acceptors (Lipinski definition) is 4. The molecule has 2 N–H and O–H groups in total. The molecular weight excluding hydrogens is 318 g/mol.